The van der Waals surface area contributed by atoms with Crippen molar-refractivity contribution >= 4 is 39.9 Å². The minimum Gasteiger partial charge on any atom is -0.316 e. The lowest BCUT2D eigenvalue weighted by molar-refractivity contribution is -0.384. The van der Waals surface area contributed by atoms with Gasteiger partial charge in [-0.05, 0) is 59.7 Å². The molecule has 0 aromatic heterocycles. The summed E-state index contributed by atoms with van der Waals surface area (Å²) in [6, 6.07) is 10.2. The molecule has 0 radical (unpaired) electrons. The maximum atomic E-state index is 12.3. The first-order valence-electron chi connectivity index (χ1n) is 6.22. The van der Waals surface area contributed by atoms with Gasteiger partial charge in [0.25, 0.3) is 11.6 Å². The number of halogens is 1. The number of carbonyl (C=O) groups excluding carboxylic acids is 1. The topological polar surface area (TPSA) is 72.2 Å². The van der Waals surface area contributed by atoms with Crippen molar-refractivity contribution in [1.82, 2.24) is 0 Å². The number of hydrogen-bond donors (Lipinski definition) is 1. The molecule has 21 heavy (non-hydrogen) atoms. The van der Waals surface area contributed by atoms with Crippen LogP contribution in [-0.4, -0.2) is 10.8 Å². The summed E-state index contributed by atoms with van der Waals surface area (Å²) < 4.78 is 0.792. The lowest BCUT2D eigenvalue weighted by Crippen LogP contribution is -2.15. The SMILES string of the molecule is Cc1ccc([N+](=O)[O-])c(NC(=O)c2ccccc2I)c1C. The fraction of sp³-hybridized carbons (Fsp3) is 0.133. The number of carbonyl (C=O) groups is 1. The molecule has 0 bridgehead atoms. The van der Waals surface area contributed by atoms with Gasteiger partial charge in [0.05, 0.1) is 10.5 Å². The highest BCUT2D eigenvalue weighted by atomic mass is 127. The van der Waals surface area contributed by atoms with Gasteiger partial charge < -0.3 is 5.32 Å². The molecule has 0 heterocycles. The third-order valence-electron chi connectivity index (χ3n) is 3.27. The van der Waals surface area contributed by atoms with E-state index in [1.54, 1.807) is 25.1 Å². The second-order valence-electron chi connectivity index (χ2n) is 4.59. The summed E-state index contributed by atoms with van der Waals surface area (Å²) in [6.45, 7) is 3.61. The first kappa shape index (κ1) is 15.4. The summed E-state index contributed by atoms with van der Waals surface area (Å²) in [7, 11) is 0. The zero-order valence-electron chi connectivity index (χ0n) is 11.5. The first-order valence-corrected chi connectivity index (χ1v) is 7.30. The lowest BCUT2D eigenvalue weighted by Gasteiger charge is -2.11. The summed E-state index contributed by atoms with van der Waals surface area (Å²) in [4.78, 5) is 23.0. The largest absolute Gasteiger partial charge is 0.316 e. The van der Waals surface area contributed by atoms with Crippen molar-refractivity contribution in [1.29, 1.82) is 0 Å². The monoisotopic (exact) mass is 396 g/mol. The molecule has 2 aromatic carbocycles. The van der Waals surface area contributed by atoms with E-state index in [1.807, 2.05) is 19.1 Å². The van der Waals surface area contributed by atoms with Crippen molar-refractivity contribution in [3.63, 3.8) is 0 Å². The van der Waals surface area contributed by atoms with Crippen LogP contribution in [-0.2, 0) is 0 Å². The van der Waals surface area contributed by atoms with Crippen LogP contribution >= 0.6 is 22.6 Å². The molecule has 0 aliphatic rings. The smallest absolute Gasteiger partial charge is 0.293 e. The van der Waals surface area contributed by atoms with Crippen LogP contribution in [0.2, 0.25) is 0 Å². The number of rotatable bonds is 3. The number of benzene rings is 2. The van der Waals surface area contributed by atoms with Gasteiger partial charge in [-0.3, -0.25) is 14.9 Å². The fourth-order valence-electron chi connectivity index (χ4n) is 1.94. The second-order valence-corrected chi connectivity index (χ2v) is 5.75. The fourth-order valence-corrected chi connectivity index (χ4v) is 2.57. The molecule has 0 aliphatic carbocycles. The van der Waals surface area contributed by atoms with E-state index in [0.717, 1.165) is 9.13 Å². The number of nitro groups is 1. The van der Waals surface area contributed by atoms with Crippen LogP contribution in [0.5, 0.6) is 0 Å². The van der Waals surface area contributed by atoms with Crippen molar-refractivity contribution in [3.8, 4) is 0 Å². The predicted molar refractivity (Wildman–Crippen MR) is 89.7 cm³/mol. The lowest BCUT2D eigenvalue weighted by atomic mass is 10.1. The van der Waals surface area contributed by atoms with Crippen LogP contribution in [0.25, 0.3) is 0 Å². The van der Waals surface area contributed by atoms with Crippen LogP contribution < -0.4 is 5.32 Å². The molecule has 0 spiro atoms. The van der Waals surface area contributed by atoms with E-state index in [4.69, 9.17) is 0 Å². The molecule has 5 nitrogen and oxygen atoms in total. The van der Waals surface area contributed by atoms with E-state index < -0.39 is 4.92 Å². The molecule has 1 N–H and O–H groups in total. The number of aryl methyl sites for hydroxylation is 1. The highest BCUT2D eigenvalue weighted by Crippen LogP contribution is 2.30. The van der Waals surface area contributed by atoms with E-state index in [2.05, 4.69) is 27.9 Å². The number of nitrogens with one attached hydrogen (secondary N) is 1. The molecular formula is C15H13IN2O3. The van der Waals surface area contributed by atoms with Crippen LogP contribution in [0, 0.1) is 27.5 Å². The highest BCUT2D eigenvalue weighted by Gasteiger charge is 2.20. The molecule has 0 saturated carbocycles. The first-order chi connectivity index (χ1) is 9.91. The van der Waals surface area contributed by atoms with Crippen molar-refractivity contribution in [2.45, 2.75) is 13.8 Å². The van der Waals surface area contributed by atoms with Crippen molar-refractivity contribution < 1.29 is 9.72 Å². The van der Waals surface area contributed by atoms with Crippen LogP contribution in [0.15, 0.2) is 36.4 Å². The van der Waals surface area contributed by atoms with Crippen molar-refractivity contribution in [2.24, 2.45) is 0 Å². The Morgan fingerprint density at radius 1 is 1.19 bits per heavy atom. The molecule has 0 aliphatic heterocycles. The molecule has 0 unspecified atom stereocenters. The van der Waals surface area contributed by atoms with Gasteiger partial charge in [-0.15, -0.1) is 0 Å². The number of nitro benzene ring substituents is 1. The highest BCUT2D eigenvalue weighted by molar-refractivity contribution is 14.1. The Morgan fingerprint density at radius 3 is 2.48 bits per heavy atom. The standard InChI is InChI=1S/C15H13IN2O3/c1-9-7-8-13(18(20)21)14(10(9)2)17-15(19)11-5-3-4-6-12(11)16/h3-8H,1-2H3,(H,17,19). The van der Waals surface area contributed by atoms with E-state index in [9.17, 15) is 14.9 Å². The number of hydrogen-bond acceptors (Lipinski definition) is 3. The Balaban J connectivity index is 2.44. The van der Waals surface area contributed by atoms with Gasteiger partial charge in [0.15, 0.2) is 0 Å². The van der Waals surface area contributed by atoms with Gasteiger partial charge in [0.2, 0.25) is 0 Å². The molecule has 0 atom stereocenters. The Morgan fingerprint density at radius 2 is 1.86 bits per heavy atom. The Labute approximate surface area is 135 Å². The zero-order valence-corrected chi connectivity index (χ0v) is 13.7. The maximum Gasteiger partial charge on any atom is 0.293 e. The van der Waals surface area contributed by atoms with E-state index in [1.165, 1.54) is 6.07 Å². The summed E-state index contributed by atoms with van der Waals surface area (Å²) in [5.41, 5.74) is 2.23. The minimum absolute atomic E-state index is 0.0996. The van der Waals surface area contributed by atoms with Gasteiger partial charge >= 0.3 is 0 Å². The summed E-state index contributed by atoms with van der Waals surface area (Å²) in [5.74, 6) is -0.350. The molecule has 6 heteroatoms. The van der Waals surface area contributed by atoms with E-state index in [-0.39, 0.29) is 17.3 Å². The summed E-state index contributed by atoms with van der Waals surface area (Å²) in [6.07, 6.45) is 0. The van der Waals surface area contributed by atoms with Gasteiger partial charge in [0.1, 0.15) is 5.69 Å². The molecule has 1 amide bonds. The normalized spacial score (nSPS) is 10.2. The number of nitrogens with zero attached hydrogens (tertiary/aromatic N) is 1. The third kappa shape index (κ3) is 3.21. The summed E-state index contributed by atoms with van der Waals surface area (Å²) in [5, 5.41) is 13.8. The third-order valence-corrected chi connectivity index (χ3v) is 4.21. The molecule has 2 rings (SSSR count). The van der Waals surface area contributed by atoms with Crippen LogP contribution in [0.1, 0.15) is 21.5 Å². The summed E-state index contributed by atoms with van der Waals surface area (Å²) >= 11 is 2.06. The number of amides is 1. The molecule has 2 aromatic rings. The van der Waals surface area contributed by atoms with Crippen LogP contribution in [0.3, 0.4) is 0 Å². The Bertz CT molecular complexity index is 729. The maximum absolute atomic E-state index is 12.3. The molecule has 0 fully saturated rings. The Hall–Kier alpha value is -1.96. The van der Waals surface area contributed by atoms with Gasteiger partial charge in [0, 0.05) is 9.64 Å². The average Bonchev–Trinajstić information content (AvgIpc) is 2.44. The predicted octanol–water partition coefficient (Wildman–Crippen LogP) is 4.07. The minimum atomic E-state index is -0.488. The Kier molecular flexibility index (Phi) is 4.56. The van der Waals surface area contributed by atoms with E-state index in [0.29, 0.717) is 11.1 Å². The number of anilines is 1. The van der Waals surface area contributed by atoms with Crippen molar-refractivity contribution in [2.75, 3.05) is 5.32 Å². The second kappa shape index (κ2) is 6.21. The van der Waals surface area contributed by atoms with E-state index >= 15 is 0 Å². The van der Waals surface area contributed by atoms with Crippen LogP contribution in [0.4, 0.5) is 11.4 Å². The van der Waals surface area contributed by atoms with Gasteiger partial charge in [-0.2, -0.15) is 0 Å². The quantitative estimate of drug-likeness (QED) is 0.483. The van der Waals surface area contributed by atoms with Gasteiger partial charge in [-0.1, -0.05) is 18.2 Å². The molecule has 0 saturated heterocycles. The molecular weight excluding hydrogens is 383 g/mol. The molecule has 108 valence electrons. The zero-order chi connectivity index (χ0) is 15.6. The van der Waals surface area contributed by atoms with Crippen molar-refractivity contribution in [3.05, 3.63) is 66.8 Å². The van der Waals surface area contributed by atoms with Gasteiger partial charge in [-0.25, -0.2) is 0 Å². The average molecular weight is 396 g/mol.